The summed E-state index contributed by atoms with van der Waals surface area (Å²) >= 11 is 3.36. The van der Waals surface area contributed by atoms with Crippen molar-refractivity contribution in [2.75, 3.05) is 25.5 Å². The highest BCUT2D eigenvalue weighted by Gasteiger charge is 2.34. The van der Waals surface area contributed by atoms with Gasteiger partial charge in [-0.15, -0.1) is 0 Å². The van der Waals surface area contributed by atoms with Crippen molar-refractivity contribution in [2.24, 2.45) is 0 Å². The van der Waals surface area contributed by atoms with Gasteiger partial charge < -0.3 is 15.4 Å². The molecular weight excluding hydrogens is 296 g/mol. The second-order valence-electron chi connectivity index (χ2n) is 5.10. The quantitative estimate of drug-likeness (QED) is 0.809. The highest BCUT2D eigenvalue weighted by molar-refractivity contribution is 9.10. The SMILES string of the molecule is CC1(C)COCCN1C(=O)c1cc(N)cc(Br)c1. The molecule has 1 aliphatic heterocycles. The van der Waals surface area contributed by atoms with Crippen molar-refractivity contribution in [1.29, 1.82) is 0 Å². The molecule has 2 rings (SSSR count). The first-order chi connectivity index (χ1) is 8.40. The normalized spacial score (nSPS) is 18.7. The zero-order valence-corrected chi connectivity index (χ0v) is 12.2. The van der Waals surface area contributed by atoms with Gasteiger partial charge in [0, 0.05) is 22.3 Å². The van der Waals surface area contributed by atoms with E-state index in [4.69, 9.17) is 10.5 Å². The van der Waals surface area contributed by atoms with Crippen molar-refractivity contribution in [2.45, 2.75) is 19.4 Å². The van der Waals surface area contributed by atoms with Crippen molar-refractivity contribution in [3.63, 3.8) is 0 Å². The molecule has 0 unspecified atom stereocenters. The van der Waals surface area contributed by atoms with Crippen LogP contribution in [0.5, 0.6) is 0 Å². The van der Waals surface area contributed by atoms with Gasteiger partial charge in [-0.05, 0) is 32.0 Å². The smallest absolute Gasteiger partial charge is 0.254 e. The van der Waals surface area contributed by atoms with Crippen LogP contribution in [0.2, 0.25) is 0 Å². The van der Waals surface area contributed by atoms with E-state index in [1.165, 1.54) is 0 Å². The highest BCUT2D eigenvalue weighted by atomic mass is 79.9. The Morgan fingerprint density at radius 2 is 2.17 bits per heavy atom. The van der Waals surface area contributed by atoms with E-state index in [2.05, 4.69) is 15.9 Å². The number of benzene rings is 1. The highest BCUT2D eigenvalue weighted by Crippen LogP contribution is 2.24. The Balaban J connectivity index is 2.30. The third kappa shape index (κ3) is 2.67. The van der Waals surface area contributed by atoms with E-state index in [0.717, 1.165) is 4.47 Å². The fourth-order valence-corrected chi connectivity index (χ4v) is 2.64. The third-order valence-electron chi connectivity index (χ3n) is 3.06. The molecule has 18 heavy (non-hydrogen) atoms. The number of rotatable bonds is 1. The van der Waals surface area contributed by atoms with Crippen LogP contribution in [0.15, 0.2) is 22.7 Å². The Hall–Kier alpha value is -1.07. The fraction of sp³-hybridized carbons (Fsp3) is 0.462. The number of carbonyl (C=O) groups excluding carboxylic acids is 1. The molecule has 1 aromatic carbocycles. The third-order valence-corrected chi connectivity index (χ3v) is 3.52. The first-order valence-corrected chi connectivity index (χ1v) is 6.65. The van der Waals surface area contributed by atoms with E-state index < -0.39 is 0 Å². The van der Waals surface area contributed by atoms with Crippen molar-refractivity contribution in [3.8, 4) is 0 Å². The molecule has 1 aliphatic rings. The molecule has 1 amide bonds. The molecule has 0 atom stereocenters. The maximum absolute atomic E-state index is 12.5. The van der Waals surface area contributed by atoms with E-state index in [9.17, 15) is 4.79 Å². The zero-order valence-electron chi connectivity index (χ0n) is 10.6. The van der Waals surface area contributed by atoms with E-state index in [1.54, 1.807) is 18.2 Å². The lowest BCUT2D eigenvalue weighted by Gasteiger charge is -2.42. The number of hydrogen-bond acceptors (Lipinski definition) is 3. The lowest BCUT2D eigenvalue weighted by atomic mass is 10.0. The monoisotopic (exact) mass is 312 g/mol. The van der Waals surface area contributed by atoms with Crippen LogP contribution in [-0.4, -0.2) is 36.1 Å². The average Bonchev–Trinajstić information content (AvgIpc) is 2.26. The summed E-state index contributed by atoms with van der Waals surface area (Å²) in [4.78, 5) is 14.4. The van der Waals surface area contributed by atoms with E-state index >= 15 is 0 Å². The first kappa shape index (κ1) is 13.4. The van der Waals surface area contributed by atoms with Crippen LogP contribution < -0.4 is 5.73 Å². The topological polar surface area (TPSA) is 55.6 Å². The van der Waals surface area contributed by atoms with Crippen LogP contribution in [0.25, 0.3) is 0 Å². The van der Waals surface area contributed by atoms with Crippen molar-refractivity contribution >= 4 is 27.5 Å². The van der Waals surface area contributed by atoms with Gasteiger partial charge in [-0.2, -0.15) is 0 Å². The minimum Gasteiger partial charge on any atom is -0.399 e. The second kappa shape index (κ2) is 4.90. The van der Waals surface area contributed by atoms with E-state index in [0.29, 0.717) is 31.0 Å². The second-order valence-corrected chi connectivity index (χ2v) is 6.01. The Kier molecular flexibility index (Phi) is 3.64. The van der Waals surface area contributed by atoms with Gasteiger partial charge in [-0.3, -0.25) is 4.79 Å². The Labute approximate surface area is 115 Å². The van der Waals surface area contributed by atoms with Crippen molar-refractivity contribution in [1.82, 2.24) is 4.90 Å². The predicted octanol–water partition coefficient (Wildman–Crippen LogP) is 2.28. The Bertz CT molecular complexity index is 454. The van der Waals surface area contributed by atoms with Crippen LogP contribution in [0.1, 0.15) is 24.2 Å². The van der Waals surface area contributed by atoms with Crippen LogP contribution in [0, 0.1) is 0 Å². The molecule has 0 radical (unpaired) electrons. The number of nitrogens with zero attached hydrogens (tertiary/aromatic N) is 1. The zero-order chi connectivity index (χ0) is 13.3. The lowest BCUT2D eigenvalue weighted by Crippen LogP contribution is -2.55. The van der Waals surface area contributed by atoms with Crippen LogP contribution in [0.4, 0.5) is 5.69 Å². The Morgan fingerprint density at radius 1 is 1.44 bits per heavy atom. The van der Waals surface area contributed by atoms with Crippen LogP contribution in [-0.2, 0) is 4.74 Å². The van der Waals surface area contributed by atoms with Gasteiger partial charge in [0.05, 0.1) is 18.8 Å². The average molecular weight is 313 g/mol. The number of hydrogen-bond donors (Lipinski definition) is 1. The maximum Gasteiger partial charge on any atom is 0.254 e. The number of carbonyl (C=O) groups is 1. The molecule has 1 saturated heterocycles. The van der Waals surface area contributed by atoms with Crippen molar-refractivity contribution in [3.05, 3.63) is 28.2 Å². The summed E-state index contributed by atoms with van der Waals surface area (Å²) in [6.45, 7) is 5.76. The molecule has 0 aromatic heterocycles. The lowest BCUT2D eigenvalue weighted by molar-refractivity contribution is -0.0370. The van der Waals surface area contributed by atoms with Gasteiger partial charge >= 0.3 is 0 Å². The van der Waals surface area contributed by atoms with E-state index in [1.807, 2.05) is 18.7 Å². The van der Waals surface area contributed by atoms with E-state index in [-0.39, 0.29) is 11.4 Å². The molecule has 0 saturated carbocycles. The molecular formula is C13H17BrN2O2. The standard InChI is InChI=1S/C13H17BrN2O2/c1-13(2)8-18-4-3-16(13)12(17)9-5-10(14)7-11(15)6-9/h5-7H,3-4,8,15H2,1-2H3. The summed E-state index contributed by atoms with van der Waals surface area (Å²) in [7, 11) is 0. The number of anilines is 1. The maximum atomic E-state index is 12.5. The number of morpholine rings is 1. The van der Waals surface area contributed by atoms with Gasteiger partial charge in [0.1, 0.15) is 0 Å². The molecule has 2 N–H and O–H groups in total. The van der Waals surface area contributed by atoms with Gasteiger partial charge in [-0.25, -0.2) is 0 Å². The predicted molar refractivity (Wildman–Crippen MR) is 74.5 cm³/mol. The summed E-state index contributed by atoms with van der Waals surface area (Å²) in [6, 6.07) is 5.28. The van der Waals surface area contributed by atoms with Crippen molar-refractivity contribution < 1.29 is 9.53 Å². The minimum atomic E-state index is -0.285. The Morgan fingerprint density at radius 3 is 2.78 bits per heavy atom. The number of halogens is 1. The number of nitrogens with two attached hydrogens (primary N) is 1. The molecule has 0 spiro atoms. The molecule has 1 fully saturated rings. The summed E-state index contributed by atoms with van der Waals surface area (Å²) in [5, 5.41) is 0. The van der Waals surface area contributed by atoms with Gasteiger partial charge in [0.2, 0.25) is 0 Å². The molecule has 5 heteroatoms. The molecule has 0 bridgehead atoms. The summed E-state index contributed by atoms with van der Waals surface area (Å²) in [5.41, 5.74) is 6.67. The summed E-state index contributed by atoms with van der Waals surface area (Å²) in [6.07, 6.45) is 0. The van der Waals surface area contributed by atoms with Gasteiger partial charge in [-0.1, -0.05) is 15.9 Å². The molecule has 4 nitrogen and oxygen atoms in total. The summed E-state index contributed by atoms with van der Waals surface area (Å²) < 4.78 is 6.24. The van der Waals surface area contributed by atoms with Crippen LogP contribution >= 0.6 is 15.9 Å². The minimum absolute atomic E-state index is 0.00343. The van der Waals surface area contributed by atoms with Gasteiger partial charge in [0.25, 0.3) is 5.91 Å². The molecule has 98 valence electrons. The number of nitrogen functional groups attached to an aromatic ring is 1. The molecule has 1 aromatic rings. The summed E-state index contributed by atoms with van der Waals surface area (Å²) in [5.74, 6) is -0.00343. The van der Waals surface area contributed by atoms with Gasteiger partial charge in [0.15, 0.2) is 0 Å². The molecule has 1 heterocycles. The first-order valence-electron chi connectivity index (χ1n) is 5.86. The molecule has 0 aliphatic carbocycles. The number of amides is 1. The largest absolute Gasteiger partial charge is 0.399 e. The number of ether oxygens (including phenoxy) is 1. The van der Waals surface area contributed by atoms with Crippen LogP contribution in [0.3, 0.4) is 0 Å². The fourth-order valence-electron chi connectivity index (χ4n) is 2.13.